The van der Waals surface area contributed by atoms with Gasteiger partial charge in [0.25, 0.3) is 0 Å². The van der Waals surface area contributed by atoms with Gasteiger partial charge < -0.3 is 4.74 Å². The second kappa shape index (κ2) is 6.33. The van der Waals surface area contributed by atoms with Crippen molar-refractivity contribution in [1.82, 2.24) is 0 Å². The number of rotatable bonds is 1. The molecule has 1 atom stereocenters. The van der Waals surface area contributed by atoms with Crippen LogP contribution in [0.4, 0.5) is 0 Å². The fourth-order valence-corrected chi connectivity index (χ4v) is 6.57. The van der Waals surface area contributed by atoms with Gasteiger partial charge in [-0.05, 0) is 45.6 Å². The molecule has 0 aromatic heterocycles. The van der Waals surface area contributed by atoms with Crippen molar-refractivity contribution in [3.05, 3.63) is 34.0 Å². The molecule has 1 aromatic carbocycles. The minimum Gasteiger partial charge on any atom is -0.493 e. The third-order valence-electron chi connectivity index (χ3n) is 5.90. The van der Waals surface area contributed by atoms with Gasteiger partial charge in [0.15, 0.2) is 5.78 Å². The monoisotopic (exact) mass is 384 g/mol. The number of hydrogen-bond acceptors (Lipinski definition) is 2. The zero-order valence-corrected chi connectivity index (χ0v) is 19.7. The van der Waals surface area contributed by atoms with Crippen LogP contribution in [0.15, 0.2) is 17.3 Å². The molecule has 2 nitrogen and oxygen atoms in total. The van der Waals surface area contributed by atoms with Gasteiger partial charge in [-0.1, -0.05) is 67.2 Å². The largest absolute Gasteiger partial charge is 0.493 e. The third kappa shape index (κ3) is 3.68. The molecule has 0 amide bonds. The number of ether oxygens (including phenoxy) is 1. The molecule has 0 radical (unpaired) electrons. The number of hydrogen-bond donors (Lipinski definition) is 0. The molecule has 1 aromatic rings. The molecule has 0 fully saturated rings. The predicted octanol–water partition coefficient (Wildman–Crippen LogP) is 6.28. The van der Waals surface area contributed by atoms with Crippen molar-refractivity contribution >= 4 is 19.4 Å². The molecule has 0 saturated carbocycles. The molecule has 0 spiro atoms. The van der Waals surface area contributed by atoms with Gasteiger partial charge >= 0.3 is 0 Å². The first-order valence-corrected chi connectivity index (χ1v) is 13.8. The minimum atomic E-state index is -1.74. The fourth-order valence-electron chi connectivity index (χ4n) is 4.48. The second-order valence-electron chi connectivity index (χ2n) is 11.4. The highest BCUT2D eigenvalue weighted by atomic mass is 28.3. The van der Waals surface area contributed by atoms with Crippen molar-refractivity contribution in [1.29, 1.82) is 0 Å². The lowest BCUT2D eigenvalue weighted by molar-refractivity contribution is -0.114. The Hall–Kier alpha value is -1.35. The molecule has 1 heterocycles. The summed E-state index contributed by atoms with van der Waals surface area (Å²) in [4.78, 5) is 13.0. The number of carbonyl (C=O) groups excluding carboxylic acids is 1. The fraction of sp³-hybridized carbons (Fsp3) is 0.625. The summed E-state index contributed by atoms with van der Waals surface area (Å²) in [5, 5.41) is 1.16. The number of allylic oxidation sites excluding steroid dienone is 2. The quantitative estimate of drug-likeness (QED) is 0.532. The van der Waals surface area contributed by atoms with E-state index in [1.54, 1.807) is 0 Å². The topological polar surface area (TPSA) is 26.3 Å². The van der Waals surface area contributed by atoms with Crippen molar-refractivity contribution in [2.75, 3.05) is 6.61 Å². The summed E-state index contributed by atoms with van der Waals surface area (Å²) < 4.78 is 6.38. The van der Waals surface area contributed by atoms with Crippen LogP contribution < -0.4 is 4.74 Å². The smallest absolute Gasteiger partial charge is 0.155 e. The Morgan fingerprint density at radius 3 is 2.15 bits per heavy atom. The molecule has 27 heavy (non-hydrogen) atoms. The summed E-state index contributed by atoms with van der Waals surface area (Å²) in [6.45, 7) is 21.2. The molecule has 3 rings (SSSR count). The second-order valence-corrected chi connectivity index (χ2v) is 16.4. The molecule has 1 aliphatic carbocycles. The highest BCUT2D eigenvalue weighted by Crippen LogP contribution is 2.50. The van der Waals surface area contributed by atoms with Crippen LogP contribution >= 0.6 is 0 Å². The standard InChI is InChI=1S/C24H36O2Si/c1-23(2,3)16-13-17-20-15(12-19(25)22(20)27(7,8)9)10-11-26-21(17)18(14-16)24(4,5)6/h13-15H,10-12H2,1-9H3. The van der Waals surface area contributed by atoms with Gasteiger partial charge in [-0.3, -0.25) is 4.79 Å². The lowest BCUT2D eigenvalue weighted by atomic mass is 9.77. The van der Waals surface area contributed by atoms with E-state index in [9.17, 15) is 4.79 Å². The number of Topliss-reactive ketones (excluding diaryl/α,β-unsaturated/α-hetero) is 1. The molecule has 1 unspecified atom stereocenters. The Morgan fingerprint density at radius 2 is 1.63 bits per heavy atom. The molecule has 1 aliphatic heterocycles. The van der Waals surface area contributed by atoms with E-state index in [2.05, 4.69) is 73.3 Å². The van der Waals surface area contributed by atoms with Gasteiger partial charge in [0.05, 0.1) is 14.7 Å². The van der Waals surface area contributed by atoms with Crippen LogP contribution in [-0.2, 0) is 15.6 Å². The van der Waals surface area contributed by atoms with Crippen molar-refractivity contribution in [2.24, 2.45) is 5.92 Å². The van der Waals surface area contributed by atoms with E-state index in [1.165, 1.54) is 22.3 Å². The van der Waals surface area contributed by atoms with E-state index in [0.29, 0.717) is 24.7 Å². The van der Waals surface area contributed by atoms with Gasteiger partial charge in [0.1, 0.15) is 5.75 Å². The average Bonchev–Trinajstić information content (AvgIpc) is 2.71. The van der Waals surface area contributed by atoms with Gasteiger partial charge in [-0.2, -0.15) is 0 Å². The van der Waals surface area contributed by atoms with Gasteiger partial charge in [-0.15, -0.1) is 0 Å². The SMILES string of the molecule is CC(C)(C)c1cc2c(c(C(C)(C)C)c1)OCCC1CC(=O)C([Si](C)(C)C)=C21. The van der Waals surface area contributed by atoms with E-state index < -0.39 is 8.07 Å². The number of carbonyl (C=O) groups is 1. The molecular formula is C24H36O2Si. The zero-order chi connectivity index (χ0) is 20.4. The van der Waals surface area contributed by atoms with Crippen LogP contribution in [0.1, 0.15) is 71.1 Å². The summed E-state index contributed by atoms with van der Waals surface area (Å²) in [6, 6.07) is 4.67. The maximum atomic E-state index is 13.0. The Bertz CT molecular complexity index is 810. The minimum absolute atomic E-state index is 0.00627. The first-order chi connectivity index (χ1) is 12.2. The summed E-state index contributed by atoms with van der Waals surface area (Å²) in [6.07, 6.45) is 1.61. The van der Waals surface area contributed by atoms with Crippen molar-refractivity contribution in [2.45, 2.75) is 84.9 Å². The van der Waals surface area contributed by atoms with Crippen LogP contribution in [0.5, 0.6) is 5.75 Å². The maximum Gasteiger partial charge on any atom is 0.155 e. The Morgan fingerprint density at radius 1 is 1.00 bits per heavy atom. The van der Waals surface area contributed by atoms with E-state index >= 15 is 0 Å². The average molecular weight is 385 g/mol. The van der Waals surface area contributed by atoms with E-state index in [-0.39, 0.29) is 10.8 Å². The van der Waals surface area contributed by atoms with E-state index in [4.69, 9.17) is 4.74 Å². The summed E-state index contributed by atoms with van der Waals surface area (Å²) in [5.74, 6) is 1.74. The van der Waals surface area contributed by atoms with Gasteiger partial charge in [0.2, 0.25) is 0 Å². The van der Waals surface area contributed by atoms with Crippen LogP contribution in [-0.4, -0.2) is 20.5 Å². The maximum absolute atomic E-state index is 13.0. The lowest BCUT2D eigenvalue weighted by Gasteiger charge is -2.30. The Balaban J connectivity index is 2.42. The molecule has 0 bridgehead atoms. The molecule has 0 N–H and O–H groups in total. The first-order valence-electron chi connectivity index (χ1n) is 10.3. The first kappa shape index (κ1) is 20.4. The highest BCUT2D eigenvalue weighted by molar-refractivity contribution is 6.88. The Labute approximate surface area is 166 Å². The normalized spacial score (nSPS) is 20.9. The van der Waals surface area contributed by atoms with Gasteiger partial charge in [-0.25, -0.2) is 0 Å². The van der Waals surface area contributed by atoms with Gasteiger partial charge in [0, 0.05) is 17.5 Å². The lowest BCUT2D eigenvalue weighted by Crippen LogP contribution is -2.28. The summed E-state index contributed by atoms with van der Waals surface area (Å²) >= 11 is 0. The van der Waals surface area contributed by atoms with Crippen LogP contribution in [0.3, 0.4) is 0 Å². The number of ketones is 1. The summed E-state index contributed by atoms with van der Waals surface area (Å²) in [5.41, 5.74) is 5.18. The van der Waals surface area contributed by atoms with Crippen LogP contribution in [0.2, 0.25) is 19.6 Å². The predicted molar refractivity (Wildman–Crippen MR) is 117 cm³/mol. The van der Waals surface area contributed by atoms with Crippen molar-refractivity contribution < 1.29 is 9.53 Å². The van der Waals surface area contributed by atoms with E-state index in [0.717, 1.165) is 17.4 Å². The molecule has 3 heteroatoms. The number of fused-ring (bicyclic) bond motifs is 3. The van der Waals surface area contributed by atoms with Crippen molar-refractivity contribution in [3.8, 4) is 5.75 Å². The highest BCUT2D eigenvalue weighted by Gasteiger charge is 2.42. The zero-order valence-electron chi connectivity index (χ0n) is 18.7. The van der Waals surface area contributed by atoms with Crippen LogP contribution in [0, 0.1) is 5.92 Å². The summed E-state index contributed by atoms with van der Waals surface area (Å²) in [7, 11) is -1.74. The van der Waals surface area contributed by atoms with Crippen molar-refractivity contribution in [3.63, 3.8) is 0 Å². The van der Waals surface area contributed by atoms with Crippen LogP contribution in [0.25, 0.3) is 5.57 Å². The number of benzene rings is 1. The van der Waals surface area contributed by atoms with E-state index in [1.807, 2.05) is 0 Å². The molecule has 2 aliphatic rings. The molecule has 148 valence electrons. The molecular weight excluding hydrogens is 348 g/mol. The molecule has 0 saturated heterocycles. The Kier molecular flexibility index (Phi) is 4.78. The third-order valence-corrected chi connectivity index (χ3v) is 7.95.